The molecule has 4 aromatic rings. The van der Waals surface area contributed by atoms with Gasteiger partial charge in [-0.2, -0.15) is 0 Å². The van der Waals surface area contributed by atoms with Crippen LogP contribution in [0.2, 0.25) is 0 Å². The molecule has 0 radical (unpaired) electrons. The van der Waals surface area contributed by atoms with E-state index in [1.807, 2.05) is 0 Å². The normalized spacial score (nSPS) is 26.0. The van der Waals surface area contributed by atoms with Crippen LogP contribution in [0, 0.1) is 11.7 Å². The van der Waals surface area contributed by atoms with Crippen molar-refractivity contribution in [1.82, 2.24) is 0 Å². The highest BCUT2D eigenvalue weighted by Crippen LogP contribution is 2.49. The number of ether oxygens (including phenoxy) is 2. The fourth-order valence-electron chi connectivity index (χ4n) is 6.72. The van der Waals surface area contributed by atoms with Crippen molar-refractivity contribution >= 4 is 21.4 Å². The number of aromatic hydroxyl groups is 1. The summed E-state index contributed by atoms with van der Waals surface area (Å²) in [6.45, 7) is 0. The number of para-hydroxylation sites is 1. The van der Waals surface area contributed by atoms with Crippen LogP contribution in [0.5, 0.6) is 5.75 Å². The topological polar surface area (TPSA) is 174 Å². The fourth-order valence-corrected chi connectivity index (χ4v) is 8.46. The Morgan fingerprint density at radius 3 is 2.26 bits per heavy atom. The van der Waals surface area contributed by atoms with Crippen molar-refractivity contribution in [3.05, 3.63) is 114 Å². The second kappa shape index (κ2) is 14.6. The maximum Gasteiger partial charge on any atom is 0.233 e. The number of carbonyl (C=O) groups excluding carboxylic acids is 1. The van der Waals surface area contributed by atoms with Crippen LogP contribution >= 0.6 is 0 Å². The summed E-state index contributed by atoms with van der Waals surface area (Å²) in [6, 6.07) is 24.3. The summed E-state index contributed by atoms with van der Waals surface area (Å²) in [5.41, 5.74) is 2.24. The highest BCUT2D eigenvalue weighted by atomic mass is 32.2. The summed E-state index contributed by atoms with van der Waals surface area (Å²) in [6.07, 6.45) is -8.74. The van der Waals surface area contributed by atoms with Gasteiger partial charge in [0.25, 0.3) is 0 Å². The van der Waals surface area contributed by atoms with Crippen molar-refractivity contribution in [1.29, 1.82) is 0 Å². The maximum atomic E-state index is 14.5. The minimum atomic E-state index is -4.40. The first-order valence-electron chi connectivity index (χ1n) is 16.1. The number of anilines is 1. The Labute approximate surface area is 288 Å². The standard InChI is InChI=1S/C37H38FNO10S/c1-48-37-35(44)34(43)33(42)30(49-37)20-50(46,47)31-19-23(22-6-5-9-26(40)18-22)12-15-27(31)32-28(36(45)39(32)25-7-3-2-4-8-25)16-17-29(41)21-10-13-24(38)14-11-21/h2-15,18-19,28-30,32-35,37,40-44H,16-17,20H2,1H3. The van der Waals surface area contributed by atoms with E-state index in [9.17, 15) is 43.1 Å². The molecule has 0 aliphatic carbocycles. The molecule has 1 amide bonds. The number of halogens is 1. The number of amides is 1. The lowest BCUT2D eigenvalue weighted by atomic mass is 9.78. The molecule has 2 fully saturated rings. The van der Waals surface area contributed by atoms with Crippen molar-refractivity contribution in [2.75, 3.05) is 17.8 Å². The molecule has 6 rings (SSSR count). The third-order valence-electron chi connectivity index (χ3n) is 9.39. The minimum Gasteiger partial charge on any atom is -0.508 e. The lowest BCUT2D eigenvalue weighted by Crippen LogP contribution is -2.59. The van der Waals surface area contributed by atoms with Crippen LogP contribution in [-0.2, 0) is 24.1 Å². The molecule has 2 aliphatic heterocycles. The van der Waals surface area contributed by atoms with Crippen LogP contribution in [-0.4, -0.2) is 83.4 Å². The number of hydrogen-bond donors (Lipinski definition) is 5. The van der Waals surface area contributed by atoms with Crippen LogP contribution in [0.1, 0.15) is 36.1 Å². The predicted molar refractivity (Wildman–Crippen MR) is 180 cm³/mol. The largest absolute Gasteiger partial charge is 0.508 e. The van der Waals surface area contributed by atoms with Crippen LogP contribution in [0.25, 0.3) is 11.1 Å². The highest BCUT2D eigenvalue weighted by Gasteiger charge is 2.51. The van der Waals surface area contributed by atoms with Crippen LogP contribution in [0.3, 0.4) is 0 Å². The zero-order chi connectivity index (χ0) is 35.7. The average Bonchev–Trinajstić information content (AvgIpc) is 3.11. The van der Waals surface area contributed by atoms with Crippen molar-refractivity contribution in [2.45, 2.75) is 60.6 Å². The number of β-lactam (4-membered cyclic amide) rings is 1. The van der Waals surface area contributed by atoms with E-state index >= 15 is 0 Å². The minimum absolute atomic E-state index is 0.0347. The number of nitrogens with zero attached hydrogens (tertiary/aromatic N) is 1. The quantitative estimate of drug-likeness (QED) is 0.145. The van der Waals surface area contributed by atoms with E-state index in [0.29, 0.717) is 22.4 Å². The zero-order valence-electron chi connectivity index (χ0n) is 27.0. The molecule has 4 aromatic carbocycles. The number of aliphatic hydroxyl groups excluding tert-OH is 4. The molecular formula is C37H38FNO10S. The monoisotopic (exact) mass is 707 g/mol. The number of carbonyl (C=O) groups is 1. The fraction of sp³-hybridized carbons (Fsp3) is 0.324. The van der Waals surface area contributed by atoms with Gasteiger partial charge in [0, 0.05) is 12.8 Å². The molecule has 11 nitrogen and oxygen atoms in total. The molecular weight excluding hydrogens is 669 g/mol. The maximum absolute atomic E-state index is 14.5. The third-order valence-corrected chi connectivity index (χ3v) is 11.2. The van der Waals surface area contributed by atoms with Gasteiger partial charge in [-0.1, -0.05) is 54.6 Å². The van der Waals surface area contributed by atoms with Gasteiger partial charge in [0.2, 0.25) is 5.91 Å². The first-order chi connectivity index (χ1) is 23.9. The Morgan fingerprint density at radius 2 is 1.58 bits per heavy atom. The second-order valence-corrected chi connectivity index (χ2v) is 14.6. The van der Waals surface area contributed by atoms with Gasteiger partial charge in [-0.05, 0) is 77.6 Å². The van der Waals surface area contributed by atoms with Crippen molar-refractivity contribution in [3.8, 4) is 16.9 Å². The molecule has 2 heterocycles. The van der Waals surface area contributed by atoms with Gasteiger partial charge in [-0.25, -0.2) is 12.8 Å². The molecule has 5 N–H and O–H groups in total. The number of aliphatic hydroxyl groups is 4. The Balaban J connectivity index is 1.42. The zero-order valence-corrected chi connectivity index (χ0v) is 27.8. The second-order valence-electron chi connectivity index (χ2n) is 12.6. The number of methoxy groups -OCH3 is 1. The number of phenolic OH excluding ortho intramolecular Hbond substituents is 1. The number of benzene rings is 4. The van der Waals surface area contributed by atoms with Crippen LogP contribution < -0.4 is 4.90 Å². The van der Waals surface area contributed by atoms with E-state index < -0.39 is 70.2 Å². The van der Waals surface area contributed by atoms with E-state index in [1.165, 1.54) is 54.5 Å². The van der Waals surface area contributed by atoms with Gasteiger partial charge < -0.3 is 39.9 Å². The van der Waals surface area contributed by atoms with E-state index in [0.717, 1.165) is 0 Å². The van der Waals surface area contributed by atoms with Gasteiger partial charge in [0.05, 0.1) is 28.7 Å². The number of sulfone groups is 1. The van der Waals surface area contributed by atoms with Crippen molar-refractivity contribution in [2.24, 2.45) is 5.92 Å². The van der Waals surface area contributed by atoms with E-state index in [4.69, 9.17) is 9.47 Å². The lowest BCUT2D eigenvalue weighted by molar-refractivity contribution is -0.285. The molecule has 0 saturated carbocycles. The Hall–Kier alpha value is -4.21. The molecule has 2 saturated heterocycles. The molecule has 8 unspecified atom stereocenters. The third kappa shape index (κ3) is 7.03. The summed E-state index contributed by atoms with van der Waals surface area (Å²) in [7, 11) is -3.19. The van der Waals surface area contributed by atoms with Gasteiger partial charge in [-0.15, -0.1) is 0 Å². The van der Waals surface area contributed by atoms with Crippen molar-refractivity contribution < 1.29 is 52.6 Å². The Bertz CT molecular complexity index is 1920. The Kier molecular flexibility index (Phi) is 10.4. The molecule has 2 aliphatic rings. The van der Waals surface area contributed by atoms with E-state index in [1.54, 1.807) is 54.6 Å². The molecule has 50 heavy (non-hydrogen) atoms. The van der Waals surface area contributed by atoms with E-state index in [-0.39, 0.29) is 35.0 Å². The first kappa shape index (κ1) is 35.6. The number of rotatable bonds is 11. The number of hydrogen-bond acceptors (Lipinski definition) is 10. The van der Waals surface area contributed by atoms with Crippen molar-refractivity contribution in [3.63, 3.8) is 0 Å². The molecule has 0 bridgehead atoms. The molecule has 0 aromatic heterocycles. The smallest absolute Gasteiger partial charge is 0.233 e. The van der Waals surface area contributed by atoms with Crippen LogP contribution in [0.4, 0.5) is 10.1 Å². The van der Waals surface area contributed by atoms with Crippen LogP contribution in [0.15, 0.2) is 102 Å². The van der Waals surface area contributed by atoms with Gasteiger partial charge in [-0.3, -0.25) is 4.79 Å². The molecule has 264 valence electrons. The van der Waals surface area contributed by atoms with E-state index in [2.05, 4.69) is 0 Å². The lowest BCUT2D eigenvalue weighted by Gasteiger charge is -2.48. The highest BCUT2D eigenvalue weighted by molar-refractivity contribution is 7.91. The average molecular weight is 708 g/mol. The number of phenols is 1. The predicted octanol–water partition coefficient (Wildman–Crippen LogP) is 3.64. The molecule has 13 heteroatoms. The van der Waals surface area contributed by atoms with Gasteiger partial charge in [0.15, 0.2) is 16.1 Å². The van der Waals surface area contributed by atoms with Gasteiger partial charge in [0.1, 0.15) is 36.0 Å². The summed E-state index contributed by atoms with van der Waals surface area (Å²) in [4.78, 5) is 15.2. The summed E-state index contributed by atoms with van der Waals surface area (Å²) in [5.74, 6) is -2.33. The SMILES string of the molecule is COC1OC(CS(=O)(=O)c2cc(-c3cccc(O)c3)ccc2C2C(CCC(O)c3ccc(F)cc3)C(=O)N2c2ccccc2)C(O)C(O)C1O. The first-order valence-corrected chi connectivity index (χ1v) is 17.7. The summed E-state index contributed by atoms with van der Waals surface area (Å²) >= 11 is 0. The molecule has 0 spiro atoms. The summed E-state index contributed by atoms with van der Waals surface area (Å²) < 4.78 is 53.1. The van der Waals surface area contributed by atoms with Gasteiger partial charge >= 0.3 is 0 Å². The molecule has 8 atom stereocenters. The summed E-state index contributed by atoms with van der Waals surface area (Å²) in [5, 5.41) is 52.5. The Morgan fingerprint density at radius 1 is 0.880 bits per heavy atom.